The minimum atomic E-state index is -3.40. The third kappa shape index (κ3) is 1.91. The van der Waals surface area contributed by atoms with Crippen LogP contribution in [0.1, 0.15) is 30.5 Å². The molecule has 0 radical (unpaired) electrons. The molecule has 1 aromatic carbocycles. The number of cyclic esters (lactones) is 1. The molecule has 25 heavy (non-hydrogen) atoms. The van der Waals surface area contributed by atoms with Crippen molar-refractivity contribution in [3.05, 3.63) is 46.7 Å². The Morgan fingerprint density at radius 2 is 2.12 bits per heavy atom. The summed E-state index contributed by atoms with van der Waals surface area (Å²) in [5.74, 6) is 0.220. The molecule has 5 rings (SSSR count). The number of hydrogen-bond acceptors (Lipinski definition) is 6. The molecule has 4 heterocycles. The van der Waals surface area contributed by atoms with Crippen LogP contribution in [0.15, 0.2) is 35.5 Å². The Balaban J connectivity index is 1.77. The first-order valence-electron chi connectivity index (χ1n) is 8.61. The summed E-state index contributed by atoms with van der Waals surface area (Å²) in [6, 6.07) is 8.25. The van der Waals surface area contributed by atoms with Gasteiger partial charge in [0.2, 0.25) is 0 Å². The second-order valence-electron chi connectivity index (χ2n) is 7.09. The van der Waals surface area contributed by atoms with Crippen molar-refractivity contribution in [3.8, 4) is 0 Å². The molecular formula is C18H19NO4S2. The number of esters is 1. The van der Waals surface area contributed by atoms with Gasteiger partial charge >= 0.3 is 5.97 Å². The van der Waals surface area contributed by atoms with E-state index in [9.17, 15) is 13.2 Å². The number of carbonyl (C=O) groups is 1. The topological polar surface area (TPSA) is 63.7 Å². The summed E-state index contributed by atoms with van der Waals surface area (Å²) < 4.78 is 30.4. The number of carbonyl (C=O) groups excluding carboxylic acids is 1. The van der Waals surface area contributed by atoms with Crippen molar-refractivity contribution in [2.45, 2.75) is 36.0 Å². The van der Waals surface area contributed by atoms with Gasteiger partial charge in [-0.1, -0.05) is 24.3 Å². The lowest BCUT2D eigenvalue weighted by Gasteiger charge is -2.47. The van der Waals surface area contributed by atoms with E-state index in [0.29, 0.717) is 17.7 Å². The standard InChI is InChI=1S/C18H19NO4S2/c1-11-16-15(17(20)23-11)18(24-8-9-25(18,21)22)10-14-13-5-3-2-4-12(13)6-7-19(14)16/h2-5,11,14H,6-10H2,1H3/t11-,14?,18?/m1/s1. The molecule has 0 N–H and O–H groups in total. The number of thioether (sulfide) groups is 1. The van der Waals surface area contributed by atoms with Crippen LogP contribution >= 0.6 is 11.8 Å². The molecule has 0 aliphatic carbocycles. The lowest BCUT2D eigenvalue weighted by molar-refractivity contribution is -0.139. The minimum Gasteiger partial charge on any atom is -0.453 e. The molecule has 0 aromatic heterocycles. The van der Waals surface area contributed by atoms with Crippen molar-refractivity contribution >= 4 is 27.6 Å². The first-order chi connectivity index (χ1) is 11.9. The molecular weight excluding hydrogens is 358 g/mol. The van der Waals surface area contributed by atoms with Crippen molar-refractivity contribution in [1.82, 2.24) is 4.90 Å². The SMILES string of the molecule is C[C@H]1OC(=O)C2=C1N1CCc3ccccc3C1CC21SCCS1(=O)=O. The average Bonchev–Trinajstić information content (AvgIpc) is 3.04. The first-order valence-corrected chi connectivity index (χ1v) is 11.2. The summed E-state index contributed by atoms with van der Waals surface area (Å²) in [6.07, 6.45) is 0.943. The summed E-state index contributed by atoms with van der Waals surface area (Å²) in [5, 5.41) is 0. The molecule has 7 heteroatoms. The van der Waals surface area contributed by atoms with Crippen LogP contribution < -0.4 is 0 Å². The summed E-state index contributed by atoms with van der Waals surface area (Å²) in [7, 11) is -3.40. The van der Waals surface area contributed by atoms with Gasteiger partial charge in [-0.15, -0.1) is 11.8 Å². The predicted molar refractivity (Wildman–Crippen MR) is 95.8 cm³/mol. The summed E-state index contributed by atoms with van der Waals surface area (Å²) in [4.78, 5) is 14.8. The lowest BCUT2D eigenvalue weighted by atomic mass is 9.84. The van der Waals surface area contributed by atoms with E-state index in [0.717, 1.165) is 18.7 Å². The fourth-order valence-electron chi connectivity index (χ4n) is 4.81. The molecule has 4 aliphatic rings. The molecule has 5 nitrogen and oxygen atoms in total. The quantitative estimate of drug-likeness (QED) is 0.645. The van der Waals surface area contributed by atoms with Gasteiger partial charge in [0.05, 0.1) is 23.1 Å². The Bertz CT molecular complexity index is 923. The van der Waals surface area contributed by atoms with Gasteiger partial charge in [-0.05, 0) is 24.5 Å². The second kappa shape index (κ2) is 5.04. The molecule has 132 valence electrons. The third-order valence-corrected chi connectivity index (χ3v) is 10.6. The summed E-state index contributed by atoms with van der Waals surface area (Å²) >= 11 is 1.41. The Kier molecular flexibility index (Phi) is 3.18. The van der Waals surface area contributed by atoms with E-state index in [1.807, 2.05) is 19.1 Å². The van der Waals surface area contributed by atoms with E-state index in [1.54, 1.807) is 0 Å². The van der Waals surface area contributed by atoms with Crippen molar-refractivity contribution < 1.29 is 17.9 Å². The Morgan fingerprint density at radius 1 is 1.32 bits per heavy atom. The molecule has 0 amide bonds. The minimum absolute atomic E-state index is 0.0129. The number of ether oxygens (including phenoxy) is 1. The van der Waals surface area contributed by atoms with Gasteiger partial charge in [0.1, 0.15) is 6.10 Å². The molecule has 0 saturated carbocycles. The highest BCUT2D eigenvalue weighted by Gasteiger charge is 2.62. The van der Waals surface area contributed by atoms with Crippen molar-refractivity contribution in [2.24, 2.45) is 0 Å². The van der Waals surface area contributed by atoms with E-state index >= 15 is 0 Å². The van der Waals surface area contributed by atoms with Crippen molar-refractivity contribution in [3.63, 3.8) is 0 Å². The maximum Gasteiger partial charge on any atom is 0.339 e. The molecule has 2 unspecified atom stereocenters. The van der Waals surface area contributed by atoms with E-state index in [1.165, 1.54) is 22.9 Å². The van der Waals surface area contributed by atoms with Gasteiger partial charge in [0.15, 0.2) is 13.9 Å². The molecule has 1 saturated heterocycles. The predicted octanol–water partition coefficient (Wildman–Crippen LogP) is 2.05. The number of benzene rings is 1. The van der Waals surface area contributed by atoms with Gasteiger partial charge in [-0.2, -0.15) is 0 Å². The molecule has 4 aliphatic heterocycles. The van der Waals surface area contributed by atoms with Crippen molar-refractivity contribution in [2.75, 3.05) is 18.1 Å². The Hall–Kier alpha value is -1.47. The first kappa shape index (κ1) is 15.8. The largest absolute Gasteiger partial charge is 0.453 e. The molecule has 0 bridgehead atoms. The fourth-order valence-corrected chi connectivity index (χ4v) is 9.42. The van der Waals surface area contributed by atoms with E-state index in [-0.39, 0.29) is 17.9 Å². The lowest BCUT2D eigenvalue weighted by Crippen LogP contribution is -2.49. The fraction of sp³-hybridized carbons (Fsp3) is 0.500. The Morgan fingerprint density at radius 3 is 2.88 bits per heavy atom. The van der Waals surface area contributed by atoms with E-state index in [2.05, 4.69) is 17.0 Å². The van der Waals surface area contributed by atoms with Crippen LogP contribution in [0.3, 0.4) is 0 Å². The highest BCUT2D eigenvalue weighted by atomic mass is 32.3. The second-order valence-corrected chi connectivity index (χ2v) is 11.1. The van der Waals surface area contributed by atoms with E-state index in [4.69, 9.17) is 4.74 Å². The van der Waals surface area contributed by atoms with Crippen LogP contribution in [-0.2, 0) is 25.8 Å². The molecule has 3 atom stereocenters. The van der Waals surface area contributed by atoms with Crippen LogP contribution in [0.2, 0.25) is 0 Å². The Labute approximate surface area is 151 Å². The number of nitrogens with zero attached hydrogens (tertiary/aromatic N) is 1. The zero-order valence-corrected chi connectivity index (χ0v) is 15.5. The zero-order valence-electron chi connectivity index (χ0n) is 13.9. The summed E-state index contributed by atoms with van der Waals surface area (Å²) in [6.45, 7) is 2.64. The number of rotatable bonds is 0. The molecule has 1 aromatic rings. The average molecular weight is 377 g/mol. The van der Waals surface area contributed by atoms with Crippen LogP contribution in [0.25, 0.3) is 0 Å². The molecule has 1 spiro atoms. The number of hydrogen-bond donors (Lipinski definition) is 0. The van der Waals surface area contributed by atoms with Gasteiger partial charge < -0.3 is 9.64 Å². The normalized spacial score (nSPS) is 35.4. The van der Waals surface area contributed by atoms with Gasteiger partial charge in [0, 0.05) is 18.7 Å². The van der Waals surface area contributed by atoms with Crippen LogP contribution in [0.4, 0.5) is 0 Å². The van der Waals surface area contributed by atoms with Crippen LogP contribution in [0, 0.1) is 0 Å². The highest BCUT2D eigenvalue weighted by molar-refractivity contribution is 8.18. The highest BCUT2D eigenvalue weighted by Crippen LogP contribution is 2.58. The van der Waals surface area contributed by atoms with Crippen LogP contribution in [0.5, 0.6) is 0 Å². The van der Waals surface area contributed by atoms with Crippen LogP contribution in [-0.4, -0.2) is 47.5 Å². The van der Waals surface area contributed by atoms with Gasteiger partial charge in [-0.3, -0.25) is 0 Å². The number of fused-ring (bicyclic) bond motifs is 5. The molecule has 1 fully saturated rings. The van der Waals surface area contributed by atoms with E-state index < -0.39 is 19.9 Å². The zero-order chi connectivity index (χ0) is 17.4. The maximum atomic E-state index is 13.0. The van der Waals surface area contributed by atoms with Gasteiger partial charge in [0.25, 0.3) is 0 Å². The number of sulfone groups is 1. The monoisotopic (exact) mass is 377 g/mol. The van der Waals surface area contributed by atoms with Crippen molar-refractivity contribution in [1.29, 1.82) is 0 Å². The smallest absolute Gasteiger partial charge is 0.339 e. The van der Waals surface area contributed by atoms with Gasteiger partial charge in [-0.25, -0.2) is 13.2 Å². The summed E-state index contributed by atoms with van der Waals surface area (Å²) in [5.41, 5.74) is 3.67. The third-order valence-electron chi connectivity index (χ3n) is 5.88. The maximum absolute atomic E-state index is 13.0.